The smallest absolute Gasteiger partial charge is 0.115 e. The molecule has 13 heavy (non-hydrogen) atoms. The van der Waals surface area contributed by atoms with Gasteiger partial charge in [0.2, 0.25) is 0 Å². The summed E-state index contributed by atoms with van der Waals surface area (Å²) in [4.78, 5) is 2.24. The van der Waals surface area contributed by atoms with Gasteiger partial charge in [-0.1, -0.05) is 19.1 Å². The van der Waals surface area contributed by atoms with Crippen molar-refractivity contribution >= 4 is 0 Å². The molecule has 2 nitrogen and oxygen atoms in total. The van der Waals surface area contributed by atoms with Crippen molar-refractivity contribution in [1.29, 1.82) is 0 Å². The Labute approximate surface area is 79.8 Å². The number of hydrogen-bond donors (Lipinski definition) is 1. The van der Waals surface area contributed by atoms with Crippen LogP contribution in [0.25, 0.3) is 0 Å². The first-order valence-corrected chi connectivity index (χ1v) is 4.69. The molecule has 0 fully saturated rings. The van der Waals surface area contributed by atoms with Crippen LogP contribution >= 0.6 is 0 Å². The Bertz CT molecular complexity index is 260. The zero-order valence-electron chi connectivity index (χ0n) is 8.33. The number of hydrogen-bond acceptors (Lipinski definition) is 2. The summed E-state index contributed by atoms with van der Waals surface area (Å²) in [6.45, 7) is 4.16. The van der Waals surface area contributed by atoms with Crippen molar-refractivity contribution in [3.05, 3.63) is 29.8 Å². The van der Waals surface area contributed by atoms with Crippen LogP contribution in [-0.4, -0.2) is 23.6 Å². The topological polar surface area (TPSA) is 23.5 Å². The summed E-state index contributed by atoms with van der Waals surface area (Å²) in [6.07, 6.45) is 1.16. The molecule has 0 aliphatic rings. The molecule has 0 radical (unpaired) electrons. The molecule has 0 aliphatic heterocycles. The first kappa shape index (κ1) is 10.1. The molecule has 0 saturated carbocycles. The van der Waals surface area contributed by atoms with Crippen LogP contribution in [0.3, 0.4) is 0 Å². The first-order valence-electron chi connectivity index (χ1n) is 4.69. The van der Waals surface area contributed by atoms with E-state index < -0.39 is 0 Å². The van der Waals surface area contributed by atoms with Crippen LogP contribution < -0.4 is 0 Å². The summed E-state index contributed by atoms with van der Waals surface area (Å²) in [6, 6.07) is 7.42. The number of rotatable bonds is 4. The maximum absolute atomic E-state index is 9.24. The van der Waals surface area contributed by atoms with Crippen molar-refractivity contribution in [3.63, 3.8) is 0 Å². The van der Waals surface area contributed by atoms with E-state index in [-0.39, 0.29) is 0 Å². The highest BCUT2D eigenvalue weighted by atomic mass is 16.3. The van der Waals surface area contributed by atoms with Gasteiger partial charge in [-0.2, -0.15) is 0 Å². The Kier molecular flexibility index (Phi) is 3.77. The third kappa shape index (κ3) is 3.47. The van der Waals surface area contributed by atoms with Gasteiger partial charge in [0.15, 0.2) is 0 Å². The number of phenols is 1. The van der Waals surface area contributed by atoms with Gasteiger partial charge in [-0.15, -0.1) is 0 Å². The third-order valence-corrected chi connectivity index (χ3v) is 1.97. The van der Waals surface area contributed by atoms with Gasteiger partial charge in [0.25, 0.3) is 0 Å². The van der Waals surface area contributed by atoms with Gasteiger partial charge in [-0.25, -0.2) is 0 Å². The van der Waals surface area contributed by atoms with Crippen molar-refractivity contribution in [2.75, 3.05) is 13.6 Å². The maximum atomic E-state index is 9.24. The normalized spacial score (nSPS) is 10.7. The summed E-state index contributed by atoms with van der Waals surface area (Å²) in [5, 5.41) is 9.24. The van der Waals surface area contributed by atoms with E-state index in [1.165, 1.54) is 0 Å². The van der Waals surface area contributed by atoms with E-state index in [1.807, 2.05) is 18.2 Å². The summed E-state index contributed by atoms with van der Waals surface area (Å²) >= 11 is 0. The second kappa shape index (κ2) is 4.87. The number of phenolic OH excluding ortho intramolecular Hbond substituents is 1. The fourth-order valence-electron chi connectivity index (χ4n) is 1.43. The molecular weight excluding hydrogens is 162 g/mol. The van der Waals surface area contributed by atoms with Crippen molar-refractivity contribution in [2.45, 2.75) is 19.9 Å². The Hall–Kier alpha value is -1.02. The summed E-state index contributed by atoms with van der Waals surface area (Å²) in [7, 11) is 2.09. The van der Waals surface area contributed by atoms with E-state index >= 15 is 0 Å². The Morgan fingerprint density at radius 2 is 2.15 bits per heavy atom. The largest absolute Gasteiger partial charge is 0.508 e. The SMILES string of the molecule is CCCN(C)Cc1cccc(O)c1. The molecule has 2 heteroatoms. The second-order valence-corrected chi connectivity index (χ2v) is 3.41. The molecule has 0 atom stereocenters. The van der Waals surface area contributed by atoms with Crippen LogP contribution in [0.1, 0.15) is 18.9 Å². The quantitative estimate of drug-likeness (QED) is 0.766. The van der Waals surface area contributed by atoms with Crippen molar-refractivity contribution in [3.8, 4) is 5.75 Å². The van der Waals surface area contributed by atoms with E-state index in [0.29, 0.717) is 5.75 Å². The van der Waals surface area contributed by atoms with E-state index in [1.54, 1.807) is 6.07 Å². The molecule has 0 amide bonds. The first-order chi connectivity index (χ1) is 6.22. The highest BCUT2D eigenvalue weighted by Gasteiger charge is 1.98. The van der Waals surface area contributed by atoms with Gasteiger partial charge >= 0.3 is 0 Å². The molecule has 1 N–H and O–H groups in total. The van der Waals surface area contributed by atoms with Crippen LogP contribution in [-0.2, 0) is 6.54 Å². The van der Waals surface area contributed by atoms with Crippen LogP contribution in [0, 0.1) is 0 Å². The average Bonchev–Trinajstić information content (AvgIpc) is 2.04. The lowest BCUT2D eigenvalue weighted by Gasteiger charge is -2.15. The van der Waals surface area contributed by atoms with Crippen molar-refractivity contribution in [2.24, 2.45) is 0 Å². The van der Waals surface area contributed by atoms with E-state index in [2.05, 4.69) is 18.9 Å². The molecule has 0 saturated heterocycles. The lowest BCUT2D eigenvalue weighted by atomic mass is 10.2. The van der Waals surface area contributed by atoms with Crippen molar-refractivity contribution in [1.82, 2.24) is 4.90 Å². The van der Waals surface area contributed by atoms with Gasteiger partial charge in [0.1, 0.15) is 5.75 Å². The second-order valence-electron chi connectivity index (χ2n) is 3.41. The summed E-state index contributed by atoms with van der Waals surface area (Å²) < 4.78 is 0. The predicted molar refractivity (Wildman–Crippen MR) is 54.7 cm³/mol. The zero-order valence-corrected chi connectivity index (χ0v) is 8.33. The molecule has 1 aromatic carbocycles. The third-order valence-electron chi connectivity index (χ3n) is 1.97. The molecule has 0 heterocycles. The summed E-state index contributed by atoms with van der Waals surface area (Å²) in [5.41, 5.74) is 1.16. The Morgan fingerprint density at radius 3 is 2.77 bits per heavy atom. The van der Waals surface area contributed by atoms with Gasteiger partial charge in [-0.3, -0.25) is 0 Å². The van der Waals surface area contributed by atoms with Crippen LogP contribution in [0.5, 0.6) is 5.75 Å². The summed E-state index contributed by atoms with van der Waals surface area (Å²) in [5.74, 6) is 0.349. The maximum Gasteiger partial charge on any atom is 0.115 e. The van der Waals surface area contributed by atoms with Crippen molar-refractivity contribution < 1.29 is 5.11 Å². The molecule has 1 rings (SSSR count). The molecule has 72 valence electrons. The fourth-order valence-corrected chi connectivity index (χ4v) is 1.43. The molecule has 0 spiro atoms. The molecular formula is C11H17NO. The monoisotopic (exact) mass is 179 g/mol. The van der Waals surface area contributed by atoms with E-state index in [4.69, 9.17) is 0 Å². The van der Waals surface area contributed by atoms with E-state index in [9.17, 15) is 5.11 Å². The van der Waals surface area contributed by atoms with Crippen LogP contribution in [0.4, 0.5) is 0 Å². The lowest BCUT2D eigenvalue weighted by molar-refractivity contribution is 0.327. The number of aromatic hydroxyl groups is 1. The molecule has 0 aromatic heterocycles. The predicted octanol–water partition coefficient (Wildman–Crippen LogP) is 2.23. The van der Waals surface area contributed by atoms with Gasteiger partial charge in [0, 0.05) is 6.54 Å². The highest BCUT2D eigenvalue weighted by Crippen LogP contribution is 2.12. The zero-order chi connectivity index (χ0) is 9.68. The lowest BCUT2D eigenvalue weighted by Crippen LogP contribution is -2.18. The van der Waals surface area contributed by atoms with E-state index in [0.717, 1.165) is 25.1 Å². The molecule has 0 bridgehead atoms. The molecule has 1 aromatic rings. The standard InChI is InChI=1S/C11H17NO/c1-3-7-12(2)9-10-5-4-6-11(13)8-10/h4-6,8,13H,3,7,9H2,1-2H3. The van der Waals surface area contributed by atoms with Crippen LogP contribution in [0.15, 0.2) is 24.3 Å². The average molecular weight is 179 g/mol. The van der Waals surface area contributed by atoms with Gasteiger partial charge < -0.3 is 10.0 Å². The number of benzene rings is 1. The highest BCUT2D eigenvalue weighted by molar-refractivity contribution is 5.26. The molecule has 0 unspecified atom stereocenters. The minimum Gasteiger partial charge on any atom is -0.508 e. The van der Waals surface area contributed by atoms with Crippen LogP contribution in [0.2, 0.25) is 0 Å². The molecule has 0 aliphatic carbocycles. The Balaban J connectivity index is 2.53. The Morgan fingerprint density at radius 1 is 1.38 bits per heavy atom. The minimum absolute atomic E-state index is 0.349. The minimum atomic E-state index is 0.349. The fraction of sp³-hybridized carbons (Fsp3) is 0.455. The van der Waals surface area contributed by atoms with Gasteiger partial charge in [-0.05, 0) is 37.7 Å². The number of nitrogens with zero attached hydrogens (tertiary/aromatic N) is 1. The van der Waals surface area contributed by atoms with Gasteiger partial charge in [0.05, 0.1) is 0 Å².